The van der Waals surface area contributed by atoms with E-state index in [0.717, 1.165) is 18.6 Å². The summed E-state index contributed by atoms with van der Waals surface area (Å²) in [6.45, 7) is 0.462. The summed E-state index contributed by atoms with van der Waals surface area (Å²) in [7, 11) is 0. The number of carbonyl (C=O) groups excluding carboxylic acids is 1. The van der Waals surface area contributed by atoms with Gasteiger partial charge in [-0.05, 0) is 24.5 Å². The summed E-state index contributed by atoms with van der Waals surface area (Å²) in [5.74, 6) is -1.68. The second kappa shape index (κ2) is 7.38. The molecule has 3 nitrogen and oxygen atoms in total. The van der Waals surface area contributed by atoms with Gasteiger partial charge in [0.15, 0.2) is 0 Å². The molecule has 1 amide bonds. The van der Waals surface area contributed by atoms with Gasteiger partial charge in [0.2, 0.25) is 5.91 Å². The van der Waals surface area contributed by atoms with Crippen molar-refractivity contribution in [3.63, 3.8) is 0 Å². The number of nitriles is 1. The largest absolute Gasteiger partial charge is 0.356 e. The zero-order chi connectivity index (χ0) is 13.4. The standard InChI is InChI=1S/C13H14F2N2O/c14-11-5-4-10(12(15)9-11)8-13(18)17-7-3-1-2-6-16/h4-5,9H,1-3,7-8H2,(H,17,18). The average molecular weight is 252 g/mol. The molecule has 0 heterocycles. The number of unbranched alkanes of at least 4 members (excludes halogenated alkanes) is 2. The smallest absolute Gasteiger partial charge is 0.224 e. The minimum atomic E-state index is -0.713. The Morgan fingerprint density at radius 1 is 1.33 bits per heavy atom. The first kappa shape index (κ1) is 14.1. The molecule has 0 unspecified atom stereocenters. The second-order valence-electron chi connectivity index (χ2n) is 3.88. The first-order chi connectivity index (χ1) is 8.63. The van der Waals surface area contributed by atoms with Crippen molar-refractivity contribution >= 4 is 5.91 Å². The number of hydrogen-bond donors (Lipinski definition) is 1. The van der Waals surface area contributed by atoms with Crippen LogP contribution in [0.3, 0.4) is 0 Å². The Balaban J connectivity index is 2.34. The SMILES string of the molecule is N#CCCCCNC(=O)Cc1ccc(F)cc1F. The average Bonchev–Trinajstić information content (AvgIpc) is 2.32. The third kappa shape index (κ3) is 4.91. The van der Waals surface area contributed by atoms with Gasteiger partial charge in [-0.25, -0.2) is 8.78 Å². The van der Waals surface area contributed by atoms with Gasteiger partial charge in [0.05, 0.1) is 12.5 Å². The summed E-state index contributed by atoms with van der Waals surface area (Å²) in [4.78, 5) is 11.4. The van der Waals surface area contributed by atoms with E-state index in [1.807, 2.05) is 6.07 Å². The quantitative estimate of drug-likeness (QED) is 0.790. The normalized spacial score (nSPS) is 9.83. The Morgan fingerprint density at radius 2 is 2.11 bits per heavy atom. The Bertz CT molecular complexity index is 455. The number of benzene rings is 1. The van der Waals surface area contributed by atoms with Crippen LogP contribution in [0.25, 0.3) is 0 Å². The zero-order valence-corrected chi connectivity index (χ0v) is 9.88. The third-order valence-electron chi connectivity index (χ3n) is 2.40. The van der Waals surface area contributed by atoms with Crippen molar-refractivity contribution in [1.82, 2.24) is 5.32 Å². The highest BCUT2D eigenvalue weighted by Gasteiger charge is 2.08. The van der Waals surface area contributed by atoms with Crippen molar-refractivity contribution in [2.75, 3.05) is 6.54 Å². The van der Waals surface area contributed by atoms with Crippen LogP contribution in [0.5, 0.6) is 0 Å². The summed E-state index contributed by atoms with van der Waals surface area (Å²) in [5, 5.41) is 10.9. The van der Waals surface area contributed by atoms with E-state index < -0.39 is 11.6 Å². The highest BCUT2D eigenvalue weighted by atomic mass is 19.1. The number of carbonyl (C=O) groups is 1. The number of halogens is 2. The fraction of sp³-hybridized carbons (Fsp3) is 0.385. The summed E-state index contributed by atoms with van der Waals surface area (Å²) in [6, 6.07) is 5.16. The molecule has 0 aliphatic heterocycles. The Morgan fingerprint density at radius 3 is 2.78 bits per heavy atom. The molecule has 96 valence electrons. The van der Waals surface area contributed by atoms with Gasteiger partial charge >= 0.3 is 0 Å². The Kier molecular flexibility index (Phi) is 5.78. The van der Waals surface area contributed by atoms with Gasteiger partial charge in [-0.1, -0.05) is 6.07 Å². The highest BCUT2D eigenvalue weighted by molar-refractivity contribution is 5.78. The van der Waals surface area contributed by atoms with Gasteiger partial charge in [0.25, 0.3) is 0 Å². The molecular weight excluding hydrogens is 238 g/mol. The summed E-state index contributed by atoms with van der Waals surface area (Å²) in [6.07, 6.45) is 1.79. The minimum absolute atomic E-state index is 0.107. The molecule has 0 aromatic heterocycles. The molecule has 0 aliphatic rings. The maximum Gasteiger partial charge on any atom is 0.224 e. The second-order valence-corrected chi connectivity index (χ2v) is 3.88. The van der Waals surface area contributed by atoms with Crippen LogP contribution in [0.4, 0.5) is 8.78 Å². The fourth-order valence-corrected chi connectivity index (χ4v) is 1.46. The lowest BCUT2D eigenvalue weighted by atomic mass is 10.1. The first-order valence-electron chi connectivity index (χ1n) is 5.71. The van der Waals surface area contributed by atoms with Crippen LogP contribution in [-0.2, 0) is 11.2 Å². The van der Waals surface area contributed by atoms with Crippen LogP contribution in [0, 0.1) is 23.0 Å². The molecule has 1 N–H and O–H groups in total. The van der Waals surface area contributed by atoms with Crippen molar-refractivity contribution in [3.8, 4) is 6.07 Å². The van der Waals surface area contributed by atoms with Crippen molar-refractivity contribution in [2.45, 2.75) is 25.7 Å². The molecule has 0 atom stereocenters. The summed E-state index contributed by atoms with van der Waals surface area (Å²) < 4.78 is 25.9. The molecule has 0 bridgehead atoms. The molecule has 1 aromatic rings. The predicted octanol–water partition coefficient (Wildman–Crippen LogP) is 2.32. The van der Waals surface area contributed by atoms with E-state index in [1.54, 1.807) is 0 Å². The lowest BCUT2D eigenvalue weighted by Gasteiger charge is -2.05. The van der Waals surface area contributed by atoms with Gasteiger partial charge in [0, 0.05) is 19.0 Å². The van der Waals surface area contributed by atoms with E-state index in [9.17, 15) is 13.6 Å². The number of rotatable bonds is 6. The molecule has 1 aromatic carbocycles. The topological polar surface area (TPSA) is 52.9 Å². The van der Waals surface area contributed by atoms with E-state index in [0.29, 0.717) is 19.4 Å². The number of nitrogens with one attached hydrogen (secondary N) is 1. The molecule has 0 aliphatic carbocycles. The number of amides is 1. The maximum absolute atomic E-state index is 13.2. The summed E-state index contributed by atoms with van der Waals surface area (Å²) in [5.41, 5.74) is 0.172. The molecule has 0 fully saturated rings. The van der Waals surface area contributed by atoms with Gasteiger partial charge in [-0.3, -0.25) is 4.79 Å². The van der Waals surface area contributed by atoms with Crippen LogP contribution < -0.4 is 5.32 Å². The third-order valence-corrected chi connectivity index (χ3v) is 2.40. The monoisotopic (exact) mass is 252 g/mol. The predicted molar refractivity (Wildman–Crippen MR) is 62.5 cm³/mol. The molecule has 0 saturated carbocycles. The van der Waals surface area contributed by atoms with E-state index in [-0.39, 0.29) is 17.9 Å². The number of nitrogens with zero attached hydrogens (tertiary/aromatic N) is 1. The van der Waals surface area contributed by atoms with E-state index >= 15 is 0 Å². The molecule has 0 saturated heterocycles. The van der Waals surface area contributed by atoms with Crippen LogP contribution in [0.15, 0.2) is 18.2 Å². The molecule has 5 heteroatoms. The van der Waals surface area contributed by atoms with Crippen LogP contribution in [0.2, 0.25) is 0 Å². The van der Waals surface area contributed by atoms with E-state index in [4.69, 9.17) is 5.26 Å². The van der Waals surface area contributed by atoms with Gasteiger partial charge in [0.1, 0.15) is 11.6 Å². The van der Waals surface area contributed by atoms with Gasteiger partial charge in [-0.15, -0.1) is 0 Å². The summed E-state index contributed by atoms with van der Waals surface area (Å²) >= 11 is 0. The van der Waals surface area contributed by atoms with Gasteiger partial charge in [-0.2, -0.15) is 5.26 Å². The highest BCUT2D eigenvalue weighted by Crippen LogP contribution is 2.10. The Hall–Kier alpha value is -1.96. The van der Waals surface area contributed by atoms with E-state index in [2.05, 4.69) is 5.32 Å². The van der Waals surface area contributed by atoms with Crippen LogP contribution in [0.1, 0.15) is 24.8 Å². The molecule has 0 spiro atoms. The van der Waals surface area contributed by atoms with Crippen molar-refractivity contribution in [2.24, 2.45) is 0 Å². The molecule has 18 heavy (non-hydrogen) atoms. The lowest BCUT2D eigenvalue weighted by Crippen LogP contribution is -2.26. The van der Waals surface area contributed by atoms with Crippen molar-refractivity contribution < 1.29 is 13.6 Å². The minimum Gasteiger partial charge on any atom is -0.356 e. The fourth-order valence-electron chi connectivity index (χ4n) is 1.46. The van der Waals surface area contributed by atoms with Crippen molar-refractivity contribution in [1.29, 1.82) is 5.26 Å². The van der Waals surface area contributed by atoms with Crippen LogP contribution >= 0.6 is 0 Å². The number of hydrogen-bond acceptors (Lipinski definition) is 2. The van der Waals surface area contributed by atoms with E-state index in [1.165, 1.54) is 6.07 Å². The molecule has 1 rings (SSSR count). The van der Waals surface area contributed by atoms with Gasteiger partial charge < -0.3 is 5.32 Å². The lowest BCUT2D eigenvalue weighted by molar-refractivity contribution is -0.120. The maximum atomic E-state index is 13.2. The van der Waals surface area contributed by atoms with Crippen molar-refractivity contribution in [3.05, 3.63) is 35.4 Å². The zero-order valence-electron chi connectivity index (χ0n) is 9.88. The molecule has 0 radical (unpaired) electrons. The van der Waals surface area contributed by atoms with Crippen LogP contribution in [-0.4, -0.2) is 12.5 Å². The Labute approximate surface area is 104 Å². The molecular formula is C13H14F2N2O. The first-order valence-corrected chi connectivity index (χ1v) is 5.71.